The Labute approximate surface area is 97.4 Å². The summed E-state index contributed by atoms with van der Waals surface area (Å²) in [4.78, 5) is 12.4. The zero-order valence-electron chi connectivity index (χ0n) is 11.4. The molecule has 1 heterocycles. The van der Waals surface area contributed by atoms with E-state index >= 15 is 0 Å². The predicted molar refractivity (Wildman–Crippen MR) is 64.5 cm³/mol. The van der Waals surface area contributed by atoms with Gasteiger partial charge < -0.3 is 10.6 Å². The van der Waals surface area contributed by atoms with Crippen molar-refractivity contribution in [2.45, 2.75) is 32.0 Å². The highest BCUT2D eigenvalue weighted by Gasteiger charge is 2.05. The van der Waals surface area contributed by atoms with Gasteiger partial charge in [-0.15, -0.1) is 0 Å². The van der Waals surface area contributed by atoms with Gasteiger partial charge in [0.2, 0.25) is 11.9 Å². The highest BCUT2D eigenvalue weighted by atomic mass is 32.2. The number of nitrogens with one attached hydrogen (secondary N) is 2. The molecule has 0 radical (unpaired) electrons. The molecule has 1 rings (SSSR count). The fourth-order valence-corrected chi connectivity index (χ4v) is 1.27. The van der Waals surface area contributed by atoms with Crippen LogP contribution < -0.4 is 10.6 Å². The number of nitrogens with zero attached hydrogens (tertiary/aromatic N) is 3. The fraction of sp³-hybridized carbons (Fsp3) is 0.667. The number of hydrogen-bond acceptors (Lipinski definition) is 6. The second-order valence-electron chi connectivity index (χ2n) is 3.12. The van der Waals surface area contributed by atoms with Crippen molar-refractivity contribution in [2.75, 3.05) is 23.4 Å². The van der Waals surface area contributed by atoms with Crippen LogP contribution in [-0.2, 0) is 0 Å². The van der Waals surface area contributed by atoms with Crippen LogP contribution >= 0.6 is 11.8 Å². The first-order valence-electron chi connectivity index (χ1n) is 5.73. The van der Waals surface area contributed by atoms with Crippen LogP contribution in [0.25, 0.3) is 0 Å². The molecule has 15 heavy (non-hydrogen) atoms. The van der Waals surface area contributed by atoms with Crippen LogP contribution in [0.1, 0.15) is 20.8 Å². The molecule has 0 unspecified atom stereocenters. The minimum absolute atomic E-state index is 0.0271. The molecule has 0 saturated heterocycles. The van der Waals surface area contributed by atoms with Crippen molar-refractivity contribution >= 4 is 23.7 Å². The van der Waals surface area contributed by atoms with E-state index < -0.39 is 0 Å². The SMILES string of the molecule is [2H]N(CC)c1nc(SC)nc(N([2H])C(C)C)n1. The Morgan fingerprint density at radius 3 is 2.53 bits per heavy atom. The van der Waals surface area contributed by atoms with Crippen LogP contribution in [-0.4, -0.2) is 33.8 Å². The van der Waals surface area contributed by atoms with E-state index in [1.807, 2.05) is 27.0 Å². The summed E-state index contributed by atoms with van der Waals surface area (Å²) >= 11 is 1.37. The molecule has 0 bridgehead atoms. The summed E-state index contributed by atoms with van der Waals surface area (Å²) in [7, 11) is 0. The third kappa shape index (κ3) is 3.91. The maximum atomic E-state index is 7.83. The lowest BCUT2D eigenvalue weighted by Crippen LogP contribution is -2.15. The molecule has 1 aromatic rings. The minimum Gasteiger partial charge on any atom is -0.354 e. The molecule has 1 aromatic heterocycles. The molecule has 0 spiro atoms. The highest BCUT2D eigenvalue weighted by molar-refractivity contribution is 7.98. The van der Waals surface area contributed by atoms with Gasteiger partial charge in [0.1, 0.15) is 0 Å². The van der Waals surface area contributed by atoms with Crippen molar-refractivity contribution < 1.29 is 2.82 Å². The van der Waals surface area contributed by atoms with E-state index in [4.69, 9.17) is 2.82 Å². The van der Waals surface area contributed by atoms with Gasteiger partial charge in [0.25, 0.3) is 0 Å². The van der Waals surface area contributed by atoms with E-state index in [9.17, 15) is 0 Å². The van der Waals surface area contributed by atoms with Crippen LogP contribution in [0.3, 0.4) is 0 Å². The Bertz CT molecular complexity index is 376. The molecular weight excluding hydrogens is 210 g/mol. The van der Waals surface area contributed by atoms with Crippen molar-refractivity contribution in [3.05, 3.63) is 0 Å². The molecule has 0 aliphatic heterocycles. The Morgan fingerprint density at radius 2 is 2.00 bits per heavy atom. The summed E-state index contributed by atoms with van der Waals surface area (Å²) in [6.45, 7) is 6.09. The van der Waals surface area contributed by atoms with Crippen molar-refractivity contribution in [1.29, 1.82) is 0 Å². The van der Waals surface area contributed by atoms with Crippen LogP contribution in [0.4, 0.5) is 11.9 Å². The van der Waals surface area contributed by atoms with Gasteiger partial charge in [-0.25, -0.2) is 0 Å². The summed E-state index contributed by atoms with van der Waals surface area (Å²) in [5.74, 6) is 0.555. The van der Waals surface area contributed by atoms with Gasteiger partial charge in [-0.2, -0.15) is 15.0 Å². The third-order valence-electron chi connectivity index (χ3n) is 1.45. The molecule has 0 fully saturated rings. The Hall–Kier alpha value is -1.04. The second-order valence-corrected chi connectivity index (χ2v) is 3.89. The molecule has 0 aromatic carbocycles. The lowest BCUT2D eigenvalue weighted by atomic mass is 10.4. The fourth-order valence-electron chi connectivity index (χ4n) is 0.928. The lowest BCUT2D eigenvalue weighted by Gasteiger charge is -2.10. The van der Waals surface area contributed by atoms with Crippen LogP contribution in [0.15, 0.2) is 5.16 Å². The molecule has 2 N–H and O–H groups in total. The van der Waals surface area contributed by atoms with Gasteiger partial charge in [-0.3, -0.25) is 0 Å². The predicted octanol–water partition coefficient (Wildman–Crippen LogP) is 1.85. The molecule has 0 atom stereocenters. The average Bonchev–Trinajstić information content (AvgIpc) is 2.35. The molecule has 0 amide bonds. The lowest BCUT2D eigenvalue weighted by molar-refractivity contribution is 0.835. The summed E-state index contributed by atoms with van der Waals surface area (Å²) in [6.07, 6.45) is 1.85. The summed E-state index contributed by atoms with van der Waals surface area (Å²) in [6, 6.07) is -0.0271. The molecule has 6 heteroatoms. The van der Waals surface area contributed by atoms with Crippen LogP contribution in [0.5, 0.6) is 0 Å². The van der Waals surface area contributed by atoms with E-state index in [-0.39, 0.29) is 17.9 Å². The average molecular weight is 229 g/mol. The van der Waals surface area contributed by atoms with Gasteiger partial charge in [-0.1, -0.05) is 11.8 Å². The van der Waals surface area contributed by atoms with Crippen molar-refractivity contribution in [2.24, 2.45) is 0 Å². The molecule has 5 nitrogen and oxygen atoms in total. The van der Waals surface area contributed by atoms with Gasteiger partial charge in [-0.05, 0) is 27.0 Å². The molecule has 84 valence electrons. The molecule has 0 saturated carbocycles. The van der Waals surface area contributed by atoms with Crippen LogP contribution in [0, 0.1) is 0 Å². The number of aromatic nitrogens is 3. The molecule has 0 aliphatic carbocycles. The topological polar surface area (TPSA) is 62.7 Å². The Morgan fingerprint density at radius 1 is 1.33 bits per heavy atom. The zero-order chi connectivity index (χ0) is 13.0. The van der Waals surface area contributed by atoms with E-state index in [2.05, 4.69) is 15.0 Å². The van der Waals surface area contributed by atoms with E-state index in [1.165, 1.54) is 22.4 Å². The zero-order valence-corrected chi connectivity index (χ0v) is 10.2. The number of hydrogen-bond donors (Lipinski definition) is 2. The molecular formula is C9H17N5S. The van der Waals surface area contributed by atoms with E-state index in [0.29, 0.717) is 11.7 Å². The van der Waals surface area contributed by atoms with Crippen molar-refractivity contribution in [1.82, 2.24) is 15.0 Å². The summed E-state index contributed by atoms with van der Waals surface area (Å²) in [5.41, 5.74) is 0. The standard InChI is InChI=1S/C9H17N5S/c1-5-10-7-12-8(11-6(2)3)14-9(13-7)15-4/h6H,5H2,1-4H3,(H2,10,11,12,13,14)/i/hD2. The Balaban J connectivity index is 3.13. The maximum absolute atomic E-state index is 7.83. The first kappa shape index (κ1) is 9.21. The first-order valence-corrected chi connectivity index (χ1v) is 6.06. The number of thioether (sulfide) groups is 1. The smallest absolute Gasteiger partial charge is 0.228 e. The maximum Gasteiger partial charge on any atom is 0.228 e. The summed E-state index contributed by atoms with van der Waals surface area (Å²) < 4.78 is 15.5. The van der Waals surface area contributed by atoms with Gasteiger partial charge in [0.05, 0.1) is 0 Å². The minimum atomic E-state index is -0.0271. The highest BCUT2D eigenvalue weighted by Crippen LogP contribution is 2.13. The van der Waals surface area contributed by atoms with Crippen molar-refractivity contribution in [3.63, 3.8) is 0 Å². The third-order valence-corrected chi connectivity index (χ3v) is 1.99. The van der Waals surface area contributed by atoms with Gasteiger partial charge in [0.15, 0.2) is 7.98 Å². The molecule has 0 aliphatic rings. The quantitative estimate of drug-likeness (QED) is 0.751. The Kier molecular flexibility index (Phi) is 3.53. The number of anilines is 2. The summed E-state index contributed by atoms with van der Waals surface area (Å²) in [5, 5.41) is 2.92. The van der Waals surface area contributed by atoms with Gasteiger partial charge >= 0.3 is 0 Å². The normalized spacial score (nSPS) is 12.3. The monoisotopic (exact) mass is 229 g/mol. The second kappa shape index (κ2) is 5.75. The largest absolute Gasteiger partial charge is 0.354 e. The van der Waals surface area contributed by atoms with E-state index in [1.54, 1.807) is 0 Å². The van der Waals surface area contributed by atoms with Gasteiger partial charge in [0, 0.05) is 12.6 Å². The van der Waals surface area contributed by atoms with Crippen molar-refractivity contribution in [3.8, 4) is 0 Å². The first-order chi connectivity index (χ1) is 7.99. The number of rotatable bonds is 5. The van der Waals surface area contributed by atoms with Crippen LogP contribution in [0.2, 0.25) is 2.82 Å². The van der Waals surface area contributed by atoms with E-state index in [0.717, 1.165) is 0 Å².